The lowest BCUT2D eigenvalue weighted by molar-refractivity contribution is -0.142. The van der Waals surface area contributed by atoms with Crippen molar-refractivity contribution in [2.45, 2.75) is 65.1 Å². The quantitative estimate of drug-likeness (QED) is 0.629. The van der Waals surface area contributed by atoms with E-state index in [1.807, 2.05) is 53.7 Å². The Morgan fingerprint density at radius 3 is 2.35 bits per heavy atom. The van der Waals surface area contributed by atoms with Crippen molar-refractivity contribution in [2.24, 2.45) is 0 Å². The zero-order valence-electron chi connectivity index (χ0n) is 15.1. The van der Waals surface area contributed by atoms with Gasteiger partial charge in [0.25, 0.3) is 0 Å². The molecule has 0 saturated carbocycles. The minimum Gasteiger partial charge on any atom is -0.465 e. The van der Waals surface area contributed by atoms with Gasteiger partial charge in [-0.15, -0.1) is 0 Å². The molecular weight excluding hydrogens is 293 g/mol. The van der Waals surface area contributed by atoms with Gasteiger partial charge in [0.2, 0.25) is 0 Å². The number of rotatable bonds is 4. The number of hydrogen-bond donors (Lipinski definition) is 0. The Bertz CT molecular complexity index is 582. The molecule has 23 heavy (non-hydrogen) atoms. The van der Waals surface area contributed by atoms with E-state index >= 15 is 0 Å². The van der Waals surface area contributed by atoms with E-state index in [-0.39, 0.29) is 29.2 Å². The SMILES string of the molecule is CC(=O)OCC(C)(C)c1cc(B2OC(C)(C)C(C)(C)O2)ccn1. The number of carbonyl (C=O) groups excluding carboxylic acids is 1. The molecule has 1 aromatic rings. The Labute approximate surface area is 138 Å². The summed E-state index contributed by atoms with van der Waals surface area (Å²) >= 11 is 0. The van der Waals surface area contributed by atoms with Crippen LogP contribution in [0, 0.1) is 0 Å². The van der Waals surface area contributed by atoms with Gasteiger partial charge in [-0.2, -0.15) is 0 Å². The second-order valence-corrected chi connectivity index (χ2v) is 7.73. The van der Waals surface area contributed by atoms with Gasteiger partial charge in [-0.05, 0) is 45.3 Å². The lowest BCUT2D eigenvalue weighted by Gasteiger charge is -2.32. The van der Waals surface area contributed by atoms with Crippen LogP contribution in [0.5, 0.6) is 0 Å². The van der Waals surface area contributed by atoms with Crippen LogP contribution in [-0.2, 0) is 24.3 Å². The monoisotopic (exact) mass is 319 g/mol. The van der Waals surface area contributed by atoms with Gasteiger partial charge in [0.1, 0.15) is 6.61 Å². The van der Waals surface area contributed by atoms with Gasteiger partial charge in [0.15, 0.2) is 0 Å². The van der Waals surface area contributed by atoms with Gasteiger partial charge in [-0.25, -0.2) is 0 Å². The van der Waals surface area contributed by atoms with Crippen LogP contribution in [-0.4, -0.2) is 35.9 Å². The summed E-state index contributed by atoms with van der Waals surface area (Å²) in [7, 11) is -0.425. The van der Waals surface area contributed by atoms with Crippen molar-refractivity contribution in [3.63, 3.8) is 0 Å². The van der Waals surface area contributed by atoms with E-state index in [2.05, 4.69) is 4.98 Å². The molecule has 0 amide bonds. The maximum Gasteiger partial charge on any atom is 0.494 e. The van der Waals surface area contributed by atoms with Crippen molar-refractivity contribution in [3.8, 4) is 0 Å². The third-order valence-electron chi connectivity index (χ3n) is 4.64. The smallest absolute Gasteiger partial charge is 0.465 e. The van der Waals surface area contributed by atoms with Crippen molar-refractivity contribution in [1.29, 1.82) is 0 Å². The van der Waals surface area contributed by atoms with Crippen molar-refractivity contribution < 1.29 is 18.8 Å². The first-order valence-electron chi connectivity index (χ1n) is 7.90. The number of esters is 1. The molecule has 0 spiro atoms. The Hall–Kier alpha value is -1.40. The summed E-state index contributed by atoms with van der Waals surface area (Å²) in [6.45, 7) is 13.8. The van der Waals surface area contributed by atoms with Gasteiger partial charge in [-0.3, -0.25) is 9.78 Å². The van der Waals surface area contributed by atoms with Crippen LogP contribution in [0.15, 0.2) is 18.3 Å². The standard InChI is InChI=1S/C17H26BNO4/c1-12(20)21-11-15(2,3)14-10-13(8-9-19-14)18-22-16(4,5)17(6,7)23-18/h8-10H,11H2,1-7H3. The molecule has 1 saturated heterocycles. The molecule has 0 radical (unpaired) electrons. The normalized spacial score (nSPS) is 19.7. The van der Waals surface area contributed by atoms with E-state index in [0.29, 0.717) is 0 Å². The highest BCUT2D eigenvalue weighted by molar-refractivity contribution is 6.62. The van der Waals surface area contributed by atoms with Crippen LogP contribution in [0.1, 0.15) is 54.2 Å². The average Bonchev–Trinajstić information content (AvgIpc) is 2.66. The number of aromatic nitrogens is 1. The molecule has 0 unspecified atom stereocenters. The van der Waals surface area contributed by atoms with E-state index in [9.17, 15) is 4.79 Å². The van der Waals surface area contributed by atoms with E-state index in [1.54, 1.807) is 6.20 Å². The molecule has 0 bridgehead atoms. The Morgan fingerprint density at radius 2 is 1.83 bits per heavy atom. The molecule has 126 valence electrons. The molecule has 2 rings (SSSR count). The maximum atomic E-state index is 11.1. The van der Waals surface area contributed by atoms with Crippen molar-refractivity contribution in [3.05, 3.63) is 24.0 Å². The largest absolute Gasteiger partial charge is 0.494 e. The molecular formula is C17H26BNO4. The zero-order valence-corrected chi connectivity index (χ0v) is 15.1. The Balaban J connectivity index is 2.23. The zero-order chi connectivity index (χ0) is 17.5. The molecule has 1 aliphatic heterocycles. The summed E-state index contributed by atoms with van der Waals surface area (Å²) < 4.78 is 17.3. The van der Waals surface area contributed by atoms with E-state index in [1.165, 1.54) is 6.92 Å². The highest BCUT2D eigenvalue weighted by Gasteiger charge is 2.51. The van der Waals surface area contributed by atoms with E-state index < -0.39 is 7.12 Å². The molecule has 0 aliphatic carbocycles. The highest BCUT2D eigenvalue weighted by atomic mass is 16.7. The molecule has 5 nitrogen and oxygen atoms in total. The lowest BCUT2D eigenvalue weighted by Crippen LogP contribution is -2.41. The summed E-state index contributed by atoms with van der Waals surface area (Å²) in [5, 5.41) is 0. The fraction of sp³-hybridized carbons (Fsp3) is 0.647. The summed E-state index contributed by atoms with van der Waals surface area (Å²) in [6, 6.07) is 3.86. The summed E-state index contributed by atoms with van der Waals surface area (Å²) in [6.07, 6.45) is 1.74. The minimum absolute atomic E-state index is 0.280. The molecule has 6 heteroatoms. The summed E-state index contributed by atoms with van der Waals surface area (Å²) in [5.74, 6) is -0.291. The van der Waals surface area contributed by atoms with Crippen LogP contribution >= 0.6 is 0 Å². The molecule has 0 N–H and O–H groups in total. The topological polar surface area (TPSA) is 57.7 Å². The number of nitrogens with zero attached hydrogens (tertiary/aromatic N) is 1. The van der Waals surface area contributed by atoms with Gasteiger partial charge in [0, 0.05) is 24.2 Å². The van der Waals surface area contributed by atoms with Crippen LogP contribution < -0.4 is 5.46 Å². The number of hydrogen-bond acceptors (Lipinski definition) is 5. The number of ether oxygens (including phenoxy) is 1. The molecule has 2 heterocycles. The molecule has 1 aliphatic rings. The fourth-order valence-electron chi connectivity index (χ4n) is 2.30. The summed E-state index contributed by atoms with van der Waals surface area (Å²) in [4.78, 5) is 15.5. The van der Waals surface area contributed by atoms with Gasteiger partial charge in [0.05, 0.1) is 11.2 Å². The Morgan fingerprint density at radius 1 is 1.26 bits per heavy atom. The van der Waals surface area contributed by atoms with Gasteiger partial charge >= 0.3 is 13.1 Å². The van der Waals surface area contributed by atoms with Crippen LogP contribution in [0.25, 0.3) is 0 Å². The maximum absolute atomic E-state index is 11.1. The average molecular weight is 319 g/mol. The third-order valence-corrected chi connectivity index (χ3v) is 4.64. The molecule has 1 fully saturated rings. The predicted octanol–water partition coefficient (Wildman–Crippen LogP) is 2.22. The number of carbonyl (C=O) groups is 1. The molecule has 0 atom stereocenters. The lowest BCUT2D eigenvalue weighted by atomic mass is 9.77. The van der Waals surface area contributed by atoms with Crippen molar-refractivity contribution in [2.75, 3.05) is 6.61 Å². The van der Waals surface area contributed by atoms with Crippen LogP contribution in [0.3, 0.4) is 0 Å². The molecule has 1 aromatic heterocycles. The van der Waals surface area contributed by atoms with Gasteiger partial charge < -0.3 is 14.0 Å². The van der Waals surface area contributed by atoms with E-state index in [4.69, 9.17) is 14.0 Å². The van der Waals surface area contributed by atoms with Gasteiger partial charge in [-0.1, -0.05) is 13.8 Å². The predicted molar refractivity (Wildman–Crippen MR) is 89.6 cm³/mol. The third kappa shape index (κ3) is 3.75. The molecule has 0 aromatic carbocycles. The minimum atomic E-state index is -0.425. The van der Waals surface area contributed by atoms with Crippen molar-refractivity contribution >= 4 is 18.6 Å². The first-order chi connectivity index (χ1) is 10.4. The Kier molecular flexibility index (Phi) is 4.61. The first-order valence-corrected chi connectivity index (χ1v) is 7.90. The van der Waals surface area contributed by atoms with E-state index in [0.717, 1.165) is 11.2 Å². The first kappa shape index (κ1) is 18.0. The van der Waals surface area contributed by atoms with Crippen molar-refractivity contribution in [1.82, 2.24) is 4.98 Å². The van der Waals surface area contributed by atoms with Crippen LogP contribution in [0.2, 0.25) is 0 Å². The fourth-order valence-corrected chi connectivity index (χ4v) is 2.30. The summed E-state index contributed by atoms with van der Waals surface area (Å²) in [5.41, 5.74) is 0.615. The van der Waals surface area contributed by atoms with Crippen LogP contribution in [0.4, 0.5) is 0 Å². The number of pyridine rings is 1. The second kappa shape index (κ2) is 5.91. The highest BCUT2D eigenvalue weighted by Crippen LogP contribution is 2.36. The second-order valence-electron chi connectivity index (χ2n) is 7.73.